The Morgan fingerprint density at radius 1 is 1.25 bits per heavy atom. The molecule has 1 aromatic rings. The summed E-state index contributed by atoms with van der Waals surface area (Å²) in [6.45, 7) is 6.84. The number of benzene rings is 1. The van der Waals surface area contributed by atoms with Gasteiger partial charge in [-0.3, -0.25) is 0 Å². The summed E-state index contributed by atoms with van der Waals surface area (Å²) < 4.78 is 40.4. The highest BCUT2D eigenvalue weighted by atomic mass is 32.2. The van der Waals surface area contributed by atoms with Crippen molar-refractivity contribution in [3.63, 3.8) is 0 Å². The summed E-state index contributed by atoms with van der Waals surface area (Å²) >= 11 is 0. The molecule has 0 bridgehead atoms. The monoisotopic (exact) mass is 298 g/mol. The number of likely N-dealkylation sites (N-methyl/N-ethyl adjacent to an activating group) is 1. The molecular formula is C14H19FN2O2S. The van der Waals surface area contributed by atoms with Crippen LogP contribution in [0.15, 0.2) is 29.8 Å². The molecule has 0 aromatic heterocycles. The average molecular weight is 298 g/mol. The van der Waals surface area contributed by atoms with Gasteiger partial charge in [-0.2, -0.15) is 0 Å². The van der Waals surface area contributed by atoms with E-state index in [-0.39, 0.29) is 10.7 Å². The van der Waals surface area contributed by atoms with Gasteiger partial charge < -0.3 is 5.32 Å². The molecule has 1 aliphatic heterocycles. The van der Waals surface area contributed by atoms with Gasteiger partial charge in [0, 0.05) is 6.54 Å². The van der Waals surface area contributed by atoms with Gasteiger partial charge in [-0.15, -0.1) is 0 Å². The van der Waals surface area contributed by atoms with Crippen LogP contribution in [0.3, 0.4) is 0 Å². The molecule has 1 aliphatic rings. The Hall–Kier alpha value is -1.24. The fraction of sp³-hybridized carbons (Fsp3) is 0.429. The zero-order valence-corrected chi connectivity index (χ0v) is 12.6. The lowest BCUT2D eigenvalue weighted by molar-refractivity contribution is 0.520. The van der Waals surface area contributed by atoms with Gasteiger partial charge in [0.25, 0.3) is 0 Å². The molecule has 2 N–H and O–H groups in total. The van der Waals surface area contributed by atoms with Crippen LogP contribution in [0, 0.1) is 5.82 Å². The van der Waals surface area contributed by atoms with Crippen LogP contribution >= 0.6 is 0 Å². The van der Waals surface area contributed by atoms with Crippen molar-refractivity contribution < 1.29 is 12.8 Å². The number of hydrogen-bond acceptors (Lipinski definition) is 3. The summed E-state index contributed by atoms with van der Waals surface area (Å²) in [7, 11) is -3.57. The summed E-state index contributed by atoms with van der Waals surface area (Å²) in [5.74, 6) is -0.384. The molecule has 0 aliphatic carbocycles. The van der Waals surface area contributed by atoms with Crippen LogP contribution < -0.4 is 10.0 Å². The molecule has 0 saturated carbocycles. The molecule has 4 nitrogen and oxygen atoms in total. The highest BCUT2D eigenvalue weighted by Crippen LogP contribution is 2.37. The molecule has 2 rings (SSSR count). The van der Waals surface area contributed by atoms with E-state index in [1.54, 1.807) is 0 Å². The first kappa shape index (κ1) is 15.2. The van der Waals surface area contributed by atoms with Gasteiger partial charge >= 0.3 is 0 Å². The van der Waals surface area contributed by atoms with Gasteiger partial charge in [-0.05, 0) is 43.7 Å². The van der Waals surface area contributed by atoms with Crippen LogP contribution in [0.25, 0.3) is 4.91 Å². The molecule has 1 aromatic carbocycles. The van der Waals surface area contributed by atoms with Crippen molar-refractivity contribution in [1.82, 2.24) is 10.0 Å². The van der Waals surface area contributed by atoms with E-state index < -0.39 is 15.6 Å². The molecule has 0 spiro atoms. The molecule has 0 radical (unpaired) electrons. The first-order chi connectivity index (χ1) is 9.28. The van der Waals surface area contributed by atoms with Crippen LogP contribution in [0.4, 0.5) is 4.39 Å². The predicted molar refractivity (Wildman–Crippen MR) is 78.0 cm³/mol. The van der Waals surface area contributed by atoms with E-state index >= 15 is 0 Å². The fourth-order valence-electron chi connectivity index (χ4n) is 2.38. The molecule has 20 heavy (non-hydrogen) atoms. The zero-order chi connectivity index (χ0) is 15.0. The maximum Gasteiger partial charge on any atom is 0.242 e. The van der Waals surface area contributed by atoms with Crippen LogP contribution in [-0.4, -0.2) is 27.0 Å². The number of hydrogen-bond donors (Lipinski definition) is 2. The first-order valence-corrected chi connectivity index (χ1v) is 8.00. The second-order valence-electron chi connectivity index (χ2n) is 5.33. The van der Waals surface area contributed by atoms with E-state index in [0.29, 0.717) is 12.1 Å². The van der Waals surface area contributed by atoms with Crippen molar-refractivity contribution in [3.8, 4) is 0 Å². The lowest BCUT2D eigenvalue weighted by atomic mass is 9.93. The van der Waals surface area contributed by atoms with Crippen molar-refractivity contribution in [2.24, 2.45) is 0 Å². The van der Waals surface area contributed by atoms with Gasteiger partial charge in [-0.25, -0.2) is 17.5 Å². The second-order valence-corrected chi connectivity index (χ2v) is 6.94. The van der Waals surface area contributed by atoms with Crippen molar-refractivity contribution in [3.05, 3.63) is 41.2 Å². The van der Waals surface area contributed by atoms with Crippen molar-refractivity contribution in [1.29, 1.82) is 0 Å². The third kappa shape index (κ3) is 2.77. The van der Waals surface area contributed by atoms with E-state index in [0.717, 1.165) is 12.1 Å². The fourth-order valence-corrected chi connectivity index (χ4v) is 4.37. The highest BCUT2D eigenvalue weighted by Gasteiger charge is 2.42. The third-order valence-corrected chi connectivity index (χ3v) is 5.14. The Morgan fingerprint density at radius 3 is 2.40 bits per heavy atom. The Labute approximate surface area is 119 Å². The summed E-state index contributed by atoms with van der Waals surface area (Å²) in [5, 5.41) is 3.16. The minimum absolute atomic E-state index is 0.253. The number of halogens is 1. The maximum atomic E-state index is 13.0. The molecule has 0 atom stereocenters. The number of rotatable bonds is 4. The van der Waals surface area contributed by atoms with Crippen LogP contribution in [0.5, 0.6) is 0 Å². The van der Waals surface area contributed by atoms with Crippen LogP contribution in [-0.2, 0) is 10.0 Å². The van der Waals surface area contributed by atoms with Crippen LogP contribution in [0.2, 0.25) is 0 Å². The molecule has 110 valence electrons. The summed E-state index contributed by atoms with van der Waals surface area (Å²) in [6, 6.07) is 5.54. The first-order valence-electron chi connectivity index (χ1n) is 6.52. The standard InChI is InChI=1S/C14H19FN2O2S/c1-4-16-9-12-13(10-5-7-11(15)8-6-10)20(18,19)17-14(12,2)3/h5-8,16-17H,4,9H2,1-3H3. The van der Waals surface area contributed by atoms with Gasteiger partial charge in [0.05, 0.1) is 10.4 Å². The second kappa shape index (κ2) is 5.27. The van der Waals surface area contributed by atoms with Crippen molar-refractivity contribution >= 4 is 14.9 Å². The van der Waals surface area contributed by atoms with Crippen molar-refractivity contribution in [2.75, 3.05) is 13.1 Å². The Balaban J connectivity index is 2.59. The molecule has 1 heterocycles. The van der Waals surface area contributed by atoms with E-state index in [1.165, 1.54) is 24.3 Å². The molecule has 6 heteroatoms. The average Bonchev–Trinajstić information content (AvgIpc) is 2.52. The van der Waals surface area contributed by atoms with Gasteiger partial charge in [0.15, 0.2) is 0 Å². The molecule has 0 fully saturated rings. The van der Waals surface area contributed by atoms with Gasteiger partial charge in [0.1, 0.15) is 5.82 Å². The van der Waals surface area contributed by atoms with Gasteiger partial charge in [-0.1, -0.05) is 19.1 Å². The third-order valence-electron chi connectivity index (χ3n) is 3.34. The van der Waals surface area contributed by atoms with E-state index in [2.05, 4.69) is 10.0 Å². The van der Waals surface area contributed by atoms with E-state index in [4.69, 9.17) is 0 Å². The molecule has 0 amide bonds. The lowest BCUT2D eigenvalue weighted by Gasteiger charge is -2.21. The summed E-state index contributed by atoms with van der Waals surface area (Å²) in [4.78, 5) is 0.253. The lowest BCUT2D eigenvalue weighted by Crippen LogP contribution is -2.40. The minimum atomic E-state index is -3.57. The quantitative estimate of drug-likeness (QED) is 0.892. The Morgan fingerprint density at radius 2 is 1.85 bits per heavy atom. The van der Waals surface area contributed by atoms with Crippen molar-refractivity contribution in [2.45, 2.75) is 26.3 Å². The zero-order valence-electron chi connectivity index (χ0n) is 11.8. The number of nitrogens with one attached hydrogen (secondary N) is 2. The smallest absolute Gasteiger partial charge is 0.242 e. The van der Waals surface area contributed by atoms with Gasteiger partial charge in [0.2, 0.25) is 10.0 Å². The number of sulfonamides is 1. The SMILES string of the molecule is CCNCC1=C(c2ccc(F)cc2)S(=O)(=O)NC1(C)C. The Kier molecular flexibility index (Phi) is 4.00. The van der Waals surface area contributed by atoms with E-state index in [9.17, 15) is 12.8 Å². The normalized spacial score (nSPS) is 20.4. The topological polar surface area (TPSA) is 58.2 Å². The molecular weight excluding hydrogens is 279 g/mol. The Bertz CT molecular complexity index is 634. The minimum Gasteiger partial charge on any atom is -0.313 e. The maximum absolute atomic E-state index is 13.0. The van der Waals surface area contributed by atoms with E-state index in [1.807, 2.05) is 20.8 Å². The van der Waals surface area contributed by atoms with Crippen LogP contribution in [0.1, 0.15) is 26.3 Å². The predicted octanol–water partition coefficient (Wildman–Crippen LogP) is 1.86. The summed E-state index contributed by atoms with van der Waals surface area (Å²) in [6.07, 6.45) is 0. The highest BCUT2D eigenvalue weighted by molar-refractivity contribution is 7.99. The largest absolute Gasteiger partial charge is 0.313 e. The summed E-state index contributed by atoms with van der Waals surface area (Å²) in [5.41, 5.74) is 0.633. The molecule has 0 saturated heterocycles. The molecule has 0 unspecified atom stereocenters.